The van der Waals surface area contributed by atoms with Crippen LogP contribution in [0.1, 0.15) is 15.9 Å². The monoisotopic (exact) mass is 434 g/mol. The number of imidazole rings is 1. The van der Waals surface area contributed by atoms with Gasteiger partial charge in [0.15, 0.2) is 11.2 Å². The Balaban J connectivity index is 1.73. The van der Waals surface area contributed by atoms with Gasteiger partial charge in [0.25, 0.3) is 11.5 Å². The number of carbonyl (C=O) groups is 1. The summed E-state index contributed by atoms with van der Waals surface area (Å²) in [5.41, 5.74) is 5.82. The maximum Gasteiger partial charge on any atom is 0.332 e. The van der Waals surface area contributed by atoms with Crippen molar-refractivity contribution < 1.29 is 9.90 Å². The van der Waals surface area contributed by atoms with Crippen molar-refractivity contribution in [3.8, 4) is 5.75 Å². The number of fused-ring (bicyclic) bond motifs is 1. The van der Waals surface area contributed by atoms with E-state index in [0.29, 0.717) is 13.0 Å². The lowest BCUT2D eigenvalue weighted by molar-refractivity contribution is 0.0959. The minimum atomic E-state index is -0.577. The first kappa shape index (κ1) is 20.9. The molecule has 0 fully saturated rings. The van der Waals surface area contributed by atoms with Gasteiger partial charge in [-0.25, -0.2) is 4.79 Å². The van der Waals surface area contributed by atoms with E-state index < -0.39 is 17.2 Å². The van der Waals surface area contributed by atoms with Gasteiger partial charge in [0.2, 0.25) is 5.95 Å². The number of phenols is 1. The summed E-state index contributed by atoms with van der Waals surface area (Å²) in [6.07, 6.45) is 0.598. The summed E-state index contributed by atoms with van der Waals surface area (Å²) >= 11 is 0. The van der Waals surface area contributed by atoms with Crippen molar-refractivity contribution >= 4 is 23.0 Å². The van der Waals surface area contributed by atoms with Crippen LogP contribution in [0.4, 0.5) is 5.95 Å². The lowest BCUT2D eigenvalue weighted by Gasteiger charge is -2.12. The number of nitrogens with zero attached hydrogens (tertiary/aromatic N) is 4. The highest BCUT2D eigenvalue weighted by molar-refractivity contribution is 5.97. The van der Waals surface area contributed by atoms with Gasteiger partial charge in [-0.2, -0.15) is 4.98 Å². The van der Waals surface area contributed by atoms with Gasteiger partial charge < -0.3 is 9.67 Å². The summed E-state index contributed by atoms with van der Waals surface area (Å²) in [6.45, 7) is 0.378. The lowest BCUT2D eigenvalue weighted by atomic mass is 10.1. The molecular formula is C22H22N6O4. The Kier molecular flexibility index (Phi) is 5.50. The minimum Gasteiger partial charge on any atom is -0.507 e. The zero-order chi connectivity index (χ0) is 22.8. The van der Waals surface area contributed by atoms with E-state index in [2.05, 4.69) is 15.8 Å². The Morgan fingerprint density at radius 1 is 1.00 bits per heavy atom. The number of hydrogen-bond acceptors (Lipinski definition) is 6. The number of anilines is 1. The molecule has 164 valence electrons. The summed E-state index contributed by atoms with van der Waals surface area (Å²) in [5, 5.41) is 9.90. The molecule has 4 aromatic rings. The predicted octanol–water partition coefficient (Wildman–Crippen LogP) is 1.14. The van der Waals surface area contributed by atoms with Crippen LogP contribution in [0.5, 0.6) is 5.75 Å². The number of para-hydroxylation sites is 1. The van der Waals surface area contributed by atoms with E-state index >= 15 is 0 Å². The number of nitrogens with one attached hydrogen (secondary N) is 2. The molecule has 0 radical (unpaired) electrons. The van der Waals surface area contributed by atoms with Crippen LogP contribution in [0, 0.1) is 0 Å². The predicted molar refractivity (Wildman–Crippen MR) is 120 cm³/mol. The highest BCUT2D eigenvalue weighted by atomic mass is 16.3. The molecule has 10 nitrogen and oxygen atoms in total. The molecule has 1 amide bonds. The van der Waals surface area contributed by atoms with Crippen LogP contribution >= 0.6 is 0 Å². The molecule has 3 N–H and O–H groups in total. The van der Waals surface area contributed by atoms with Gasteiger partial charge in [0.05, 0.1) is 5.56 Å². The number of aromatic hydroxyl groups is 1. The number of aryl methyl sites for hydroxylation is 3. The quantitative estimate of drug-likeness (QED) is 0.391. The first-order valence-corrected chi connectivity index (χ1v) is 9.93. The number of benzene rings is 2. The summed E-state index contributed by atoms with van der Waals surface area (Å²) in [6, 6.07) is 15.8. The molecule has 2 aromatic heterocycles. The zero-order valence-electron chi connectivity index (χ0n) is 17.6. The minimum absolute atomic E-state index is 0.0789. The van der Waals surface area contributed by atoms with Gasteiger partial charge in [-0.1, -0.05) is 42.5 Å². The van der Waals surface area contributed by atoms with Crippen LogP contribution < -0.4 is 22.1 Å². The Morgan fingerprint density at radius 2 is 1.69 bits per heavy atom. The van der Waals surface area contributed by atoms with Crippen molar-refractivity contribution in [1.29, 1.82) is 0 Å². The molecule has 0 aliphatic carbocycles. The van der Waals surface area contributed by atoms with Crippen LogP contribution in [-0.4, -0.2) is 29.7 Å². The molecular weight excluding hydrogens is 412 g/mol. The third-order valence-electron chi connectivity index (χ3n) is 5.25. The molecule has 0 unspecified atom stereocenters. The number of amides is 1. The molecule has 0 aliphatic heterocycles. The van der Waals surface area contributed by atoms with Gasteiger partial charge in [0, 0.05) is 20.6 Å². The standard InChI is InChI=1S/C22H22N6O4/c1-26-18-17(20(31)27(2)22(26)32)28(13-12-14-8-4-3-5-9-14)21(23-18)25-24-19(30)15-10-6-7-11-16(15)29/h3-11,29H,12-13H2,1-2H3,(H,23,25)(H,24,30). The second-order valence-electron chi connectivity index (χ2n) is 7.30. The Morgan fingerprint density at radius 3 is 2.41 bits per heavy atom. The fourth-order valence-electron chi connectivity index (χ4n) is 3.49. The van der Waals surface area contributed by atoms with Crippen LogP contribution in [0.3, 0.4) is 0 Å². The Bertz CT molecular complexity index is 1420. The fourth-order valence-corrected chi connectivity index (χ4v) is 3.49. The van der Waals surface area contributed by atoms with Gasteiger partial charge in [-0.15, -0.1) is 0 Å². The zero-order valence-corrected chi connectivity index (χ0v) is 17.6. The average molecular weight is 434 g/mol. The van der Waals surface area contributed by atoms with E-state index in [1.807, 2.05) is 30.3 Å². The smallest absolute Gasteiger partial charge is 0.332 e. The van der Waals surface area contributed by atoms with Crippen molar-refractivity contribution in [1.82, 2.24) is 24.1 Å². The maximum atomic E-state index is 12.9. The number of hydrogen-bond donors (Lipinski definition) is 3. The maximum absolute atomic E-state index is 12.9. The number of carbonyl (C=O) groups excluding carboxylic acids is 1. The van der Waals surface area contributed by atoms with E-state index in [4.69, 9.17) is 0 Å². The van der Waals surface area contributed by atoms with E-state index in [1.165, 1.54) is 30.8 Å². The molecule has 0 spiro atoms. The number of aromatic nitrogens is 4. The lowest BCUT2D eigenvalue weighted by Crippen LogP contribution is -2.37. The molecule has 0 saturated heterocycles. The molecule has 0 atom stereocenters. The van der Waals surface area contributed by atoms with E-state index in [0.717, 1.165) is 10.1 Å². The molecule has 10 heteroatoms. The summed E-state index contributed by atoms with van der Waals surface area (Å²) in [5.74, 6) is -0.551. The van der Waals surface area contributed by atoms with Crippen LogP contribution in [0.15, 0.2) is 64.2 Å². The molecule has 0 saturated carbocycles. The van der Waals surface area contributed by atoms with E-state index in [9.17, 15) is 19.5 Å². The second kappa shape index (κ2) is 8.42. The van der Waals surface area contributed by atoms with Crippen molar-refractivity contribution in [2.24, 2.45) is 14.1 Å². The molecule has 2 aromatic carbocycles. The number of rotatable bonds is 6. The highest BCUT2D eigenvalue weighted by Crippen LogP contribution is 2.18. The third-order valence-corrected chi connectivity index (χ3v) is 5.25. The first-order chi connectivity index (χ1) is 15.4. The average Bonchev–Trinajstić information content (AvgIpc) is 3.18. The normalized spacial score (nSPS) is 10.9. The topological polar surface area (TPSA) is 123 Å². The summed E-state index contributed by atoms with van der Waals surface area (Å²) < 4.78 is 3.94. The van der Waals surface area contributed by atoms with Crippen LogP contribution in [0.25, 0.3) is 11.2 Å². The Labute approximate surface area is 182 Å². The molecule has 0 aliphatic rings. The molecule has 0 bridgehead atoms. The third kappa shape index (κ3) is 3.73. The van der Waals surface area contributed by atoms with Crippen molar-refractivity contribution in [2.45, 2.75) is 13.0 Å². The Hall–Kier alpha value is -4.34. The van der Waals surface area contributed by atoms with Gasteiger partial charge in [0.1, 0.15) is 5.75 Å². The number of phenolic OH excluding ortho intramolecular Hbond substituents is 1. The van der Waals surface area contributed by atoms with Crippen molar-refractivity contribution in [2.75, 3.05) is 5.43 Å². The van der Waals surface area contributed by atoms with E-state index in [1.54, 1.807) is 16.7 Å². The van der Waals surface area contributed by atoms with Gasteiger partial charge in [-0.3, -0.25) is 29.6 Å². The number of hydrazine groups is 1. The van der Waals surface area contributed by atoms with E-state index in [-0.39, 0.29) is 28.4 Å². The van der Waals surface area contributed by atoms with Gasteiger partial charge in [-0.05, 0) is 24.1 Å². The molecule has 2 heterocycles. The first-order valence-electron chi connectivity index (χ1n) is 9.93. The molecule has 32 heavy (non-hydrogen) atoms. The largest absolute Gasteiger partial charge is 0.507 e. The van der Waals surface area contributed by atoms with Crippen LogP contribution in [0.2, 0.25) is 0 Å². The second-order valence-corrected chi connectivity index (χ2v) is 7.30. The SMILES string of the molecule is Cn1c(=O)c2c(nc(NNC(=O)c3ccccc3O)n2CCc2ccccc2)n(C)c1=O. The molecule has 4 rings (SSSR count). The van der Waals surface area contributed by atoms with Gasteiger partial charge >= 0.3 is 5.69 Å². The van der Waals surface area contributed by atoms with Crippen molar-refractivity contribution in [3.05, 3.63) is 86.6 Å². The van der Waals surface area contributed by atoms with Crippen molar-refractivity contribution in [3.63, 3.8) is 0 Å². The summed E-state index contributed by atoms with van der Waals surface area (Å²) in [7, 11) is 2.94. The van der Waals surface area contributed by atoms with Crippen LogP contribution in [-0.2, 0) is 27.1 Å². The fraction of sp³-hybridized carbons (Fsp3) is 0.182. The summed E-state index contributed by atoms with van der Waals surface area (Å²) in [4.78, 5) is 42.1. The highest BCUT2D eigenvalue weighted by Gasteiger charge is 2.20.